The molecule has 0 radical (unpaired) electrons. The third-order valence-corrected chi connectivity index (χ3v) is 2.99. The van der Waals surface area contributed by atoms with Crippen LogP contribution in [-0.4, -0.2) is 18.6 Å². The summed E-state index contributed by atoms with van der Waals surface area (Å²) in [6, 6.07) is 7.65. The van der Waals surface area contributed by atoms with E-state index in [1.807, 2.05) is 18.2 Å². The molecule has 1 rings (SSSR count). The zero-order valence-corrected chi connectivity index (χ0v) is 10.3. The van der Waals surface area contributed by atoms with Crippen LogP contribution in [0.25, 0.3) is 0 Å². The van der Waals surface area contributed by atoms with Crippen LogP contribution in [0.3, 0.4) is 0 Å². The lowest BCUT2D eigenvalue weighted by atomic mass is 10.2. The Morgan fingerprint density at radius 2 is 2.36 bits per heavy atom. The van der Waals surface area contributed by atoms with Crippen LogP contribution < -0.4 is 5.32 Å². The van der Waals surface area contributed by atoms with Gasteiger partial charge < -0.3 is 5.32 Å². The number of thioether (sulfide) groups is 1. The van der Waals surface area contributed by atoms with E-state index >= 15 is 0 Å². The van der Waals surface area contributed by atoms with Gasteiger partial charge in [-0.15, -0.1) is 0 Å². The minimum atomic E-state index is 0.673. The summed E-state index contributed by atoms with van der Waals surface area (Å²) >= 11 is 5.22. The van der Waals surface area contributed by atoms with Gasteiger partial charge in [-0.1, -0.05) is 0 Å². The molecule has 0 aliphatic rings. The summed E-state index contributed by atoms with van der Waals surface area (Å²) in [7, 11) is 0. The van der Waals surface area contributed by atoms with Crippen molar-refractivity contribution < 1.29 is 0 Å². The van der Waals surface area contributed by atoms with Crippen LogP contribution in [0.2, 0.25) is 0 Å². The molecule has 1 aromatic rings. The van der Waals surface area contributed by atoms with Crippen molar-refractivity contribution >= 4 is 33.4 Å². The van der Waals surface area contributed by atoms with Gasteiger partial charge in [0.05, 0.1) is 11.6 Å². The van der Waals surface area contributed by atoms with Crippen molar-refractivity contribution in [2.75, 3.05) is 23.9 Å². The number of hydrogen-bond donors (Lipinski definition) is 1. The molecule has 0 saturated carbocycles. The minimum Gasteiger partial charge on any atom is -0.383 e. The summed E-state index contributed by atoms with van der Waals surface area (Å²) in [4.78, 5) is 0. The van der Waals surface area contributed by atoms with Gasteiger partial charge in [-0.25, -0.2) is 0 Å². The molecule has 14 heavy (non-hydrogen) atoms. The molecule has 0 fully saturated rings. The van der Waals surface area contributed by atoms with Gasteiger partial charge in [-0.3, -0.25) is 0 Å². The van der Waals surface area contributed by atoms with Gasteiger partial charge in [-0.2, -0.15) is 17.0 Å². The Labute approximate surface area is 96.8 Å². The molecule has 1 aromatic carbocycles. The molecule has 2 nitrogen and oxygen atoms in total. The maximum Gasteiger partial charge on any atom is 0.0992 e. The third kappa shape index (κ3) is 3.24. The van der Waals surface area contributed by atoms with E-state index < -0.39 is 0 Å². The van der Waals surface area contributed by atoms with Crippen molar-refractivity contribution in [1.29, 1.82) is 5.26 Å². The van der Waals surface area contributed by atoms with Gasteiger partial charge in [-0.05, 0) is 40.4 Å². The summed E-state index contributed by atoms with van der Waals surface area (Å²) in [6.07, 6.45) is 2.08. The van der Waals surface area contributed by atoms with Gasteiger partial charge in [0.1, 0.15) is 0 Å². The van der Waals surface area contributed by atoms with E-state index in [2.05, 4.69) is 33.6 Å². The summed E-state index contributed by atoms with van der Waals surface area (Å²) in [5.41, 5.74) is 1.71. The monoisotopic (exact) mass is 270 g/mol. The lowest BCUT2D eigenvalue weighted by Gasteiger charge is -2.07. The second-order valence-corrected chi connectivity index (χ2v) is 4.57. The smallest absolute Gasteiger partial charge is 0.0992 e. The van der Waals surface area contributed by atoms with E-state index in [0.717, 1.165) is 22.5 Å². The first kappa shape index (κ1) is 11.4. The maximum absolute atomic E-state index is 8.67. The van der Waals surface area contributed by atoms with E-state index in [0.29, 0.717) is 5.56 Å². The van der Waals surface area contributed by atoms with Gasteiger partial charge in [0, 0.05) is 22.5 Å². The summed E-state index contributed by atoms with van der Waals surface area (Å²) in [5, 5.41) is 12.0. The molecule has 74 valence electrons. The van der Waals surface area contributed by atoms with E-state index in [-0.39, 0.29) is 0 Å². The molecular formula is C10H11BrN2S. The Bertz CT molecular complexity index is 346. The maximum atomic E-state index is 8.67. The van der Waals surface area contributed by atoms with E-state index in [4.69, 9.17) is 5.26 Å². The normalized spacial score (nSPS) is 9.50. The molecule has 0 aliphatic heterocycles. The Morgan fingerprint density at radius 1 is 1.57 bits per heavy atom. The summed E-state index contributed by atoms with van der Waals surface area (Å²) < 4.78 is 0.942. The number of nitriles is 1. The SMILES string of the molecule is CSCCNc1ccc(C#N)cc1Br. The first-order chi connectivity index (χ1) is 6.77. The van der Waals surface area contributed by atoms with Crippen molar-refractivity contribution in [2.24, 2.45) is 0 Å². The number of rotatable bonds is 4. The highest BCUT2D eigenvalue weighted by Crippen LogP contribution is 2.23. The molecule has 4 heteroatoms. The molecule has 0 bridgehead atoms. The molecule has 0 heterocycles. The highest BCUT2D eigenvalue weighted by molar-refractivity contribution is 9.10. The van der Waals surface area contributed by atoms with E-state index in [9.17, 15) is 0 Å². The zero-order chi connectivity index (χ0) is 10.4. The Kier molecular flexibility index (Phi) is 4.85. The quantitative estimate of drug-likeness (QED) is 0.855. The third-order valence-electron chi connectivity index (χ3n) is 1.72. The predicted octanol–water partition coefficient (Wildman–Crippen LogP) is 3.10. The molecule has 0 atom stereocenters. The number of benzene rings is 1. The van der Waals surface area contributed by atoms with Crippen molar-refractivity contribution in [2.45, 2.75) is 0 Å². The van der Waals surface area contributed by atoms with Crippen LogP contribution in [0.15, 0.2) is 22.7 Å². The van der Waals surface area contributed by atoms with Gasteiger partial charge in [0.25, 0.3) is 0 Å². The highest BCUT2D eigenvalue weighted by atomic mass is 79.9. The fourth-order valence-electron chi connectivity index (χ4n) is 1.02. The molecule has 0 aromatic heterocycles. The van der Waals surface area contributed by atoms with E-state index in [1.54, 1.807) is 11.8 Å². The molecule has 0 amide bonds. The summed E-state index contributed by atoms with van der Waals surface area (Å²) in [6.45, 7) is 0.936. The van der Waals surface area contributed by atoms with Crippen LogP contribution in [0.5, 0.6) is 0 Å². The fraction of sp³-hybridized carbons (Fsp3) is 0.300. The topological polar surface area (TPSA) is 35.8 Å². The number of anilines is 1. The fourth-order valence-corrected chi connectivity index (χ4v) is 1.84. The van der Waals surface area contributed by atoms with Gasteiger partial charge >= 0.3 is 0 Å². The van der Waals surface area contributed by atoms with Gasteiger partial charge in [0.2, 0.25) is 0 Å². The van der Waals surface area contributed by atoms with Crippen LogP contribution in [0.1, 0.15) is 5.56 Å². The predicted molar refractivity (Wildman–Crippen MR) is 65.7 cm³/mol. The standard InChI is InChI=1S/C10H11BrN2S/c1-14-5-4-13-10-3-2-8(7-12)6-9(10)11/h2-3,6,13H,4-5H2,1H3. The number of nitrogens with one attached hydrogen (secondary N) is 1. The van der Waals surface area contributed by atoms with Crippen LogP contribution in [-0.2, 0) is 0 Å². The molecule has 0 aliphatic carbocycles. The Balaban J connectivity index is 2.65. The lowest BCUT2D eigenvalue weighted by Crippen LogP contribution is -2.04. The molecule has 1 N–H and O–H groups in total. The zero-order valence-electron chi connectivity index (χ0n) is 7.88. The number of nitrogens with zero attached hydrogens (tertiary/aromatic N) is 1. The Morgan fingerprint density at radius 3 is 2.93 bits per heavy atom. The van der Waals surface area contributed by atoms with Crippen molar-refractivity contribution in [1.82, 2.24) is 0 Å². The lowest BCUT2D eigenvalue weighted by molar-refractivity contribution is 1.22. The van der Waals surface area contributed by atoms with Crippen LogP contribution in [0, 0.1) is 11.3 Å². The number of halogens is 1. The molecular weight excluding hydrogens is 260 g/mol. The molecule has 0 spiro atoms. The van der Waals surface area contributed by atoms with Crippen molar-refractivity contribution in [3.63, 3.8) is 0 Å². The first-order valence-electron chi connectivity index (χ1n) is 4.20. The van der Waals surface area contributed by atoms with Crippen LogP contribution in [0.4, 0.5) is 5.69 Å². The van der Waals surface area contributed by atoms with Crippen LogP contribution >= 0.6 is 27.7 Å². The first-order valence-corrected chi connectivity index (χ1v) is 6.39. The van der Waals surface area contributed by atoms with E-state index in [1.165, 1.54) is 0 Å². The highest BCUT2D eigenvalue weighted by Gasteiger charge is 1.99. The molecule has 0 saturated heterocycles. The average molecular weight is 271 g/mol. The largest absolute Gasteiger partial charge is 0.383 e. The van der Waals surface area contributed by atoms with Gasteiger partial charge in [0.15, 0.2) is 0 Å². The summed E-state index contributed by atoms with van der Waals surface area (Å²) in [5.74, 6) is 1.08. The van der Waals surface area contributed by atoms with Crippen molar-refractivity contribution in [3.05, 3.63) is 28.2 Å². The minimum absolute atomic E-state index is 0.673. The number of hydrogen-bond acceptors (Lipinski definition) is 3. The second kappa shape index (κ2) is 5.94. The Hall–Kier alpha value is -0.660. The van der Waals surface area contributed by atoms with Crippen molar-refractivity contribution in [3.8, 4) is 6.07 Å². The molecule has 0 unspecified atom stereocenters. The average Bonchev–Trinajstić information content (AvgIpc) is 2.20. The second-order valence-electron chi connectivity index (χ2n) is 2.73.